The number of carbonyl (C=O) groups excluding carboxylic acids is 2. The first kappa shape index (κ1) is 17.0. The van der Waals surface area contributed by atoms with Gasteiger partial charge in [0.25, 0.3) is 5.78 Å². The van der Waals surface area contributed by atoms with E-state index in [2.05, 4.69) is 10.1 Å². The second kappa shape index (κ2) is 6.62. The molecule has 0 aliphatic heterocycles. The highest BCUT2D eigenvalue weighted by Crippen LogP contribution is 2.24. The van der Waals surface area contributed by atoms with Crippen molar-refractivity contribution in [2.75, 3.05) is 12.4 Å². The SMILES string of the molecule is COC(=O)c1ccc(Cl)cc1N/C(C)=C/C(=O)C(F)(F)F. The van der Waals surface area contributed by atoms with Crippen molar-refractivity contribution in [2.45, 2.75) is 13.1 Å². The third-order valence-electron chi connectivity index (χ3n) is 2.35. The van der Waals surface area contributed by atoms with E-state index in [1.165, 1.54) is 25.1 Å². The van der Waals surface area contributed by atoms with Crippen molar-refractivity contribution in [3.05, 3.63) is 40.6 Å². The molecular formula is C13H11ClF3NO3. The molecule has 1 N–H and O–H groups in total. The first-order valence-corrected chi connectivity index (χ1v) is 5.97. The fraction of sp³-hybridized carbons (Fsp3) is 0.231. The number of allylic oxidation sites excluding steroid dienone is 2. The Hall–Kier alpha value is -2.02. The molecule has 1 aromatic carbocycles. The summed E-state index contributed by atoms with van der Waals surface area (Å²) in [4.78, 5) is 22.4. The largest absolute Gasteiger partial charge is 0.465 e. The van der Waals surface area contributed by atoms with Crippen LogP contribution in [0.2, 0.25) is 5.02 Å². The summed E-state index contributed by atoms with van der Waals surface area (Å²) in [5, 5.41) is 2.79. The van der Waals surface area contributed by atoms with Gasteiger partial charge in [0.15, 0.2) is 0 Å². The van der Waals surface area contributed by atoms with Crippen LogP contribution in [0, 0.1) is 0 Å². The molecule has 0 radical (unpaired) electrons. The van der Waals surface area contributed by atoms with Crippen LogP contribution in [0.15, 0.2) is 30.0 Å². The maximum Gasteiger partial charge on any atom is 0.454 e. The van der Waals surface area contributed by atoms with Gasteiger partial charge in [-0.3, -0.25) is 4.79 Å². The molecular weight excluding hydrogens is 311 g/mol. The zero-order chi connectivity index (χ0) is 16.2. The zero-order valence-corrected chi connectivity index (χ0v) is 11.8. The molecule has 1 aromatic rings. The van der Waals surface area contributed by atoms with Crippen molar-refractivity contribution in [1.29, 1.82) is 0 Å². The first-order valence-electron chi connectivity index (χ1n) is 5.59. The molecule has 0 heterocycles. The van der Waals surface area contributed by atoms with Crippen molar-refractivity contribution < 1.29 is 27.5 Å². The lowest BCUT2D eigenvalue weighted by molar-refractivity contribution is -0.165. The van der Waals surface area contributed by atoms with Crippen molar-refractivity contribution in [1.82, 2.24) is 0 Å². The standard InChI is InChI=1S/C13H11ClF3NO3/c1-7(5-11(19)13(15,16)17)18-10-6-8(14)3-4-9(10)12(20)21-2/h3-6,18H,1-2H3/b7-5+. The fourth-order valence-corrected chi connectivity index (χ4v) is 1.61. The number of alkyl halides is 3. The van der Waals surface area contributed by atoms with Gasteiger partial charge in [-0.05, 0) is 25.1 Å². The van der Waals surface area contributed by atoms with E-state index < -0.39 is 17.9 Å². The van der Waals surface area contributed by atoms with Crippen molar-refractivity contribution in [3.63, 3.8) is 0 Å². The molecule has 1 rings (SSSR count). The predicted molar refractivity (Wildman–Crippen MR) is 71.2 cm³/mol. The fourth-order valence-electron chi connectivity index (χ4n) is 1.43. The molecule has 21 heavy (non-hydrogen) atoms. The number of ether oxygens (including phenoxy) is 1. The average molecular weight is 322 g/mol. The van der Waals surface area contributed by atoms with Gasteiger partial charge in [0.1, 0.15) is 0 Å². The number of benzene rings is 1. The Morgan fingerprint density at radius 3 is 2.48 bits per heavy atom. The van der Waals surface area contributed by atoms with E-state index in [1.54, 1.807) is 0 Å². The van der Waals surface area contributed by atoms with E-state index in [4.69, 9.17) is 11.6 Å². The number of nitrogens with one attached hydrogen (secondary N) is 1. The quantitative estimate of drug-likeness (QED) is 0.680. The Morgan fingerprint density at radius 2 is 1.95 bits per heavy atom. The normalized spacial score (nSPS) is 12.0. The van der Waals surface area contributed by atoms with Crippen LogP contribution in [0.1, 0.15) is 17.3 Å². The molecule has 8 heteroatoms. The maximum absolute atomic E-state index is 12.2. The van der Waals surface area contributed by atoms with Crippen LogP contribution in [-0.2, 0) is 9.53 Å². The highest BCUT2D eigenvalue weighted by atomic mass is 35.5. The molecule has 0 unspecified atom stereocenters. The van der Waals surface area contributed by atoms with Crippen LogP contribution in [0.4, 0.5) is 18.9 Å². The van der Waals surface area contributed by atoms with Gasteiger partial charge < -0.3 is 10.1 Å². The Morgan fingerprint density at radius 1 is 1.33 bits per heavy atom. The molecule has 0 aliphatic carbocycles. The summed E-state index contributed by atoms with van der Waals surface area (Å²) in [5.74, 6) is -2.70. The molecule has 0 saturated heterocycles. The number of methoxy groups -OCH3 is 1. The van der Waals surface area contributed by atoms with Crippen molar-refractivity contribution in [2.24, 2.45) is 0 Å². The Labute approximate surface area is 123 Å². The van der Waals surface area contributed by atoms with E-state index in [0.717, 1.165) is 7.11 Å². The average Bonchev–Trinajstić information content (AvgIpc) is 2.36. The van der Waals surface area contributed by atoms with Crippen molar-refractivity contribution >= 4 is 29.0 Å². The van der Waals surface area contributed by atoms with Crippen molar-refractivity contribution in [3.8, 4) is 0 Å². The van der Waals surface area contributed by atoms with E-state index in [-0.39, 0.29) is 22.0 Å². The monoisotopic (exact) mass is 321 g/mol. The van der Waals surface area contributed by atoms with Crippen LogP contribution in [0.5, 0.6) is 0 Å². The molecule has 0 atom stereocenters. The molecule has 0 aromatic heterocycles. The van der Waals surface area contributed by atoms with Crippen LogP contribution >= 0.6 is 11.6 Å². The van der Waals surface area contributed by atoms with Crippen LogP contribution in [-0.4, -0.2) is 25.0 Å². The number of ketones is 1. The van der Waals surface area contributed by atoms with Gasteiger partial charge in [-0.2, -0.15) is 13.2 Å². The highest BCUT2D eigenvalue weighted by molar-refractivity contribution is 6.31. The van der Waals surface area contributed by atoms with Gasteiger partial charge in [-0.15, -0.1) is 0 Å². The third-order valence-corrected chi connectivity index (χ3v) is 2.58. The highest BCUT2D eigenvalue weighted by Gasteiger charge is 2.36. The zero-order valence-electron chi connectivity index (χ0n) is 11.0. The summed E-state index contributed by atoms with van der Waals surface area (Å²) in [5.41, 5.74) is 0.122. The number of halogens is 4. The summed E-state index contributed by atoms with van der Waals surface area (Å²) >= 11 is 5.77. The van der Waals surface area contributed by atoms with Gasteiger partial charge in [0.2, 0.25) is 0 Å². The minimum absolute atomic E-state index is 0.0779. The van der Waals surface area contributed by atoms with Crippen LogP contribution in [0.3, 0.4) is 0 Å². The summed E-state index contributed by atoms with van der Waals surface area (Å²) in [6.07, 6.45) is -4.57. The Balaban J connectivity index is 3.07. The molecule has 0 fully saturated rings. The number of esters is 1. The molecule has 0 aliphatic rings. The first-order chi connectivity index (χ1) is 9.65. The van der Waals surface area contributed by atoms with E-state index in [0.29, 0.717) is 6.08 Å². The van der Waals surface area contributed by atoms with Gasteiger partial charge >= 0.3 is 12.1 Å². The van der Waals surface area contributed by atoms with Gasteiger partial charge in [-0.1, -0.05) is 11.6 Å². The Kier molecular flexibility index (Phi) is 5.37. The lowest BCUT2D eigenvalue weighted by Gasteiger charge is -2.12. The summed E-state index contributed by atoms with van der Waals surface area (Å²) < 4.78 is 41.0. The Bertz CT molecular complexity index is 597. The molecule has 0 amide bonds. The minimum atomic E-state index is -4.96. The summed E-state index contributed by atoms with van der Waals surface area (Å²) in [7, 11) is 1.16. The number of carbonyl (C=O) groups is 2. The number of hydrogen-bond donors (Lipinski definition) is 1. The molecule has 0 saturated carbocycles. The van der Waals surface area contributed by atoms with E-state index in [9.17, 15) is 22.8 Å². The molecule has 0 spiro atoms. The second-order valence-corrected chi connectivity index (χ2v) is 4.43. The van der Waals surface area contributed by atoms with E-state index in [1.807, 2.05) is 0 Å². The predicted octanol–water partition coefficient (Wildman–Crippen LogP) is 3.57. The smallest absolute Gasteiger partial charge is 0.454 e. The molecule has 4 nitrogen and oxygen atoms in total. The summed E-state index contributed by atoms with van der Waals surface area (Å²) in [6, 6.07) is 4.12. The van der Waals surface area contributed by atoms with E-state index >= 15 is 0 Å². The van der Waals surface area contributed by atoms with Crippen LogP contribution in [0.25, 0.3) is 0 Å². The van der Waals surface area contributed by atoms with Gasteiger partial charge in [0, 0.05) is 16.8 Å². The molecule has 114 valence electrons. The topological polar surface area (TPSA) is 55.4 Å². The molecule has 0 bridgehead atoms. The summed E-state index contributed by atoms with van der Waals surface area (Å²) in [6.45, 7) is 1.26. The van der Waals surface area contributed by atoms with Crippen LogP contribution < -0.4 is 5.32 Å². The third kappa shape index (κ3) is 4.78. The van der Waals surface area contributed by atoms with Gasteiger partial charge in [-0.25, -0.2) is 4.79 Å². The second-order valence-electron chi connectivity index (χ2n) is 4.00. The maximum atomic E-state index is 12.2. The number of hydrogen-bond acceptors (Lipinski definition) is 4. The lowest BCUT2D eigenvalue weighted by atomic mass is 10.1. The van der Waals surface area contributed by atoms with Gasteiger partial charge in [0.05, 0.1) is 18.4 Å². The lowest BCUT2D eigenvalue weighted by Crippen LogP contribution is -2.21. The minimum Gasteiger partial charge on any atom is -0.465 e. The number of rotatable bonds is 4. The number of anilines is 1.